The normalized spacial score (nSPS) is 17.8. The van der Waals surface area contributed by atoms with Crippen molar-refractivity contribution in [3.8, 4) is 33.6 Å². The number of H-pyrrole nitrogens is 2. The third-order valence-electron chi connectivity index (χ3n) is 11.8. The predicted octanol–water partition coefficient (Wildman–Crippen LogP) is 6.66. The van der Waals surface area contributed by atoms with Crippen molar-refractivity contribution in [1.29, 1.82) is 0 Å². The van der Waals surface area contributed by atoms with Gasteiger partial charge in [0.05, 0.1) is 23.8 Å². The third kappa shape index (κ3) is 8.12. The van der Waals surface area contributed by atoms with E-state index in [4.69, 9.17) is 30.9 Å². The van der Waals surface area contributed by atoms with Crippen LogP contribution in [0.4, 0.5) is 9.59 Å². The van der Waals surface area contributed by atoms with Crippen LogP contribution < -0.4 is 11.5 Å². The number of nitrogens with two attached hydrogens (primary N) is 2. The number of hydrazine groups is 2. The number of ether oxygens (including phenoxy) is 2. The predicted molar refractivity (Wildman–Crippen MR) is 230 cm³/mol. The Balaban J connectivity index is 0.984. The minimum absolute atomic E-state index is 0.408. The first-order valence-corrected chi connectivity index (χ1v) is 20.3. The number of carbonyl (C=O) groups is 4. The zero-order valence-corrected chi connectivity index (χ0v) is 34.8. The summed E-state index contributed by atoms with van der Waals surface area (Å²) in [5.41, 5.74) is 19.6. The van der Waals surface area contributed by atoms with Crippen molar-refractivity contribution >= 4 is 24.0 Å². The monoisotopic (exact) mass is 836 g/mol. The van der Waals surface area contributed by atoms with Crippen LogP contribution in [0.2, 0.25) is 0 Å². The number of aromatic nitrogens is 4. The second-order valence-corrected chi connectivity index (χ2v) is 15.5. The lowest BCUT2D eigenvalue weighted by Gasteiger charge is -2.31. The number of hydrogen-bond acceptors (Lipinski definition) is 10. The second-order valence-electron chi connectivity index (χ2n) is 15.5. The van der Waals surface area contributed by atoms with Crippen molar-refractivity contribution < 1.29 is 28.7 Å². The fraction of sp³-hybridized carbons (Fsp3) is 0.261. The van der Waals surface area contributed by atoms with E-state index in [9.17, 15) is 19.2 Å². The molecular weight excluding hydrogens is 789 g/mol. The number of carbonyl (C=O) groups excluding carboxylic acids is 4. The Kier molecular flexibility index (Phi) is 11.6. The summed E-state index contributed by atoms with van der Waals surface area (Å²) in [7, 11) is 3.64. The average molecular weight is 837 g/mol. The molecule has 6 aromatic rings. The summed E-state index contributed by atoms with van der Waals surface area (Å²) in [6.45, 7) is 5.37. The maximum absolute atomic E-state index is 14.0. The van der Waals surface area contributed by atoms with Gasteiger partial charge in [0.1, 0.15) is 23.7 Å². The number of amides is 4. The Labute approximate surface area is 358 Å². The molecule has 2 fully saturated rings. The molecule has 0 unspecified atom stereocenters. The summed E-state index contributed by atoms with van der Waals surface area (Å²) < 4.78 is 10.7. The van der Waals surface area contributed by atoms with Crippen molar-refractivity contribution in [2.24, 2.45) is 11.5 Å². The number of aromatic amines is 2. The topological polar surface area (TPSA) is 209 Å². The fourth-order valence-corrected chi connectivity index (χ4v) is 8.50. The van der Waals surface area contributed by atoms with Crippen LogP contribution in [-0.2, 0) is 19.1 Å². The average Bonchev–Trinajstić information content (AvgIpc) is 4.10. The van der Waals surface area contributed by atoms with Crippen LogP contribution in [-0.4, -0.2) is 91.2 Å². The van der Waals surface area contributed by atoms with Gasteiger partial charge < -0.3 is 30.9 Å². The van der Waals surface area contributed by atoms with Crippen molar-refractivity contribution in [2.45, 2.75) is 51.0 Å². The minimum atomic E-state index is -1.21. The standard InChI is InChI=1S/C46H48N10O6/c1-27-28(2)34(36-26-50-42(52-36)38-22-24-54(4)56(38)44(58)40(62-46(48)60)32-13-9-6-10-14-32)20-19-33(27)29-15-17-30(18-16-29)35-25-49-41(51-35)37-21-23-53(3)55(37)43(57)39(61-45(47)59)31-11-7-5-8-12-31/h5-20,25-26,37-40H,21-24H2,1-4H3,(H2,47,59)(H2,48,60)(H,49,51)(H,50,52)/t37-,38-,39+,40+/m0/s1. The number of benzene rings is 4. The quantitative estimate of drug-likeness (QED) is 0.109. The molecule has 4 atom stereocenters. The maximum atomic E-state index is 14.0. The molecule has 0 spiro atoms. The summed E-state index contributed by atoms with van der Waals surface area (Å²) >= 11 is 0. The summed E-state index contributed by atoms with van der Waals surface area (Å²) in [6.07, 6.45) is 0.319. The van der Waals surface area contributed by atoms with Gasteiger partial charge in [0.2, 0.25) is 12.2 Å². The van der Waals surface area contributed by atoms with Crippen LogP contribution >= 0.6 is 0 Å². The molecule has 2 aromatic heterocycles. The lowest BCUT2D eigenvalue weighted by molar-refractivity contribution is -0.156. The Morgan fingerprint density at radius 3 is 1.50 bits per heavy atom. The molecular formula is C46H48N10O6. The van der Waals surface area contributed by atoms with Crippen LogP contribution in [0.3, 0.4) is 0 Å². The molecule has 0 saturated carbocycles. The molecule has 2 aliphatic rings. The molecule has 8 rings (SSSR count). The molecule has 0 radical (unpaired) electrons. The maximum Gasteiger partial charge on any atom is 0.405 e. The van der Waals surface area contributed by atoms with E-state index < -0.39 is 48.3 Å². The number of nitrogens with one attached hydrogen (secondary N) is 2. The summed E-state index contributed by atoms with van der Waals surface area (Å²) in [5, 5.41) is 6.79. The van der Waals surface area contributed by atoms with E-state index in [1.807, 2.05) is 48.4 Å². The molecule has 6 N–H and O–H groups in total. The zero-order valence-electron chi connectivity index (χ0n) is 34.8. The fourth-order valence-electron chi connectivity index (χ4n) is 8.50. The van der Waals surface area contributed by atoms with E-state index in [0.717, 1.165) is 44.8 Å². The molecule has 0 aliphatic carbocycles. The molecule has 2 aliphatic heterocycles. The van der Waals surface area contributed by atoms with Crippen LogP contribution in [0.25, 0.3) is 33.6 Å². The summed E-state index contributed by atoms with van der Waals surface area (Å²) in [6, 6.07) is 29.2. The number of rotatable bonds is 11. The lowest BCUT2D eigenvalue weighted by atomic mass is 9.92. The number of imidazole rings is 2. The molecule has 16 heteroatoms. The molecule has 62 heavy (non-hydrogen) atoms. The zero-order chi connectivity index (χ0) is 43.7. The van der Waals surface area contributed by atoms with Crippen molar-refractivity contribution in [3.05, 3.63) is 143 Å². The van der Waals surface area contributed by atoms with Gasteiger partial charge in [-0.1, -0.05) is 97.1 Å². The highest BCUT2D eigenvalue weighted by Crippen LogP contribution is 2.38. The van der Waals surface area contributed by atoms with Crippen LogP contribution in [0, 0.1) is 13.8 Å². The first-order valence-electron chi connectivity index (χ1n) is 20.3. The summed E-state index contributed by atoms with van der Waals surface area (Å²) in [5.74, 6) is 0.400. The van der Waals surface area contributed by atoms with E-state index in [1.54, 1.807) is 70.9 Å². The first kappa shape index (κ1) is 41.4. The van der Waals surface area contributed by atoms with Gasteiger partial charge in [0.25, 0.3) is 11.8 Å². The Hall–Kier alpha value is -7.30. The molecule has 4 heterocycles. The highest BCUT2D eigenvalue weighted by Gasteiger charge is 2.42. The van der Waals surface area contributed by atoms with E-state index in [0.29, 0.717) is 48.7 Å². The van der Waals surface area contributed by atoms with Gasteiger partial charge >= 0.3 is 12.2 Å². The van der Waals surface area contributed by atoms with E-state index >= 15 is 0 Å². The van der Waals surface area contributed by atoms with Gasteiger partial charge in [-0.15, -0.1) is 0 Å². The van der Waals surface area contributed by atoms with Crippen molar-refractivity contribution in [2.75, 3.05) is 27.2 Å². The van der Waals surface area contributed by atoms with Crippen molar-refractivity contribution in [3.63, 3.8) is 0 Å². The molecule has 318 valence electrons. The Bertz CT molecular complexity index is 2600. The van der Waals surface area contributed by atoms with Gasteiger partial charge in [-0.3, -0.25) is 19.6 Å². The van der Waals surface area contributed by atoms with Gasteiger partial charge in [0.15, 0.2) is 0 Å². The molecule has 16 nitrogen and oxygen atoms in total. The van der Waals surface area contributed by atoms with Crippen LogP contribution in [0.15, 0.2) is 109 Å². The van der Waals surface area contributed by atoms with Gasteiger partial charge in [-0.25, -0.2) is 29.6 Å². The van der Waals surface area contributed by atoms with E-state index in [1.165, 1.54) is 0 Å². The smallest absolute Gasteiger partial charge is 0.405 e. The third-order valence-corrected chi connectivity index (χ3v) is 11.8. The number of nitrogens with zero attached hydrogens (tertiary/aromatic N) is 6. The minimum Gasteiger partial charge on any atom is -0.431 e. The second kappa shape index (κ2) is 17.4. The Morgan fingerprint density at radius 1 is 0.597 bits per heavy atom. The van der Waals surface area contributed by atoms with E-state index in [2.05, 4.69) is 48.1 Å². The largest absolute Gasteiger partial charge is 0.431 e. The molecule has 4 amide bonds. The highest BCUT2D eigenvalue weighted by molar-refractivity contribution is 5.86. The molecule has 0 bridgehead atoms. The van der Waals surface area contributed by atoms with Gasteiger partial charge in [-0.05, 0) is 54.5 Å². The molecule has 4 aromatic carbocycles. The van der Waals surface area contributed by atoms with Crippen molar-refractivity contribution in [1.82, 2.24) is 40.0 Å². The number of hydrogen-bond donors (Lipinski definition) is 4. The van der Waals surface area contributed by atoms with Gasteiger partial charge in [0, 0.05) is 43.9 Å². The first-order chi connectivity index (χ1) is 29.9. The number of primary amides is 2. The van der Waals surface area contributed by atoms with Crippen LogP contribution in [0.1, 0.15) is 71.0 Å². The van der Waals surface area contributed by atoms with E-state index in [-0.39, 0.29) is 0 Å². The highest BCUT2D eigenvalue weighted by atomic mass is 16.6. The molecule has 2 saturated heterocycles. The lowest BCUT2D eigenvalue weighted by Crippen LogP contribution is -2.44. The van der Waals surface area contributed by atoms with Gasteiger partial charge in [-0.2, -0.15) is 0 Å². The summed E-state index contributed by atoms with van der Waals surface area (Å²) in [4.78, 5) is 68.0. The van der Waals surface area contributed by atoms with Crippen LogP contribution in [0.5, 0.6) is 0 Å². The Morgan fingerprint density at radius 2 is 1.02 bits per heavy atom. The SMILES string of the molecule is Cc1c(-c2ccc(-c3cnc([C@@H]4CCN(C)N4C(=O)[C@H](OC(N)=O)c4ccccc4)[nH]3)cc2)ccc(-c2cnc([C@@H]3CCN(C)N3C(=O)[C@H](OC(N)=O)c3ccccc3)[nH]2)c1C.